The van der Waals surface area contributed by atoms with Gasteiger partial charge in [-0.25, -0.2) is 9.36 Å². The lowest BCUT2D eigenvalue weighted by molar-refractivity contribution is -0.0546. The Morgan fingerprint density at radius 3 is 2.35 bits per heavy atom. The number of benzene rings is 2. The van der Waals surface area contributed by atoms with Crippen LogP contribution >= 0.6 is 31.8 Å². The van der Waals surface area contributed by atoms with Gasteiger partial charge in [-0.3, -0.25) is 14.1 Å². The monoisotopic (exact) mass is 524 g/mol. The van der Waals surface area contributed by atoms with Crippen molar-refractivity contribution in [3.05, 3.63) is 75.9 Å². The van der Waals surface area contributed by atoms with Crippen LogP contribution in [-0.2, 0) is 13.8 Å². The van der Waals surface area contributed by atoms with E-state index in [1.54, 1.807) is 0 Å². The van der Waals surface area contributed by atoms with Crippen molar-refractivity contribution in [2.75, 3.05) is 6.61 Å². The van der Waals surface area contributed by atoms with Crippen LogP contribution in [0, 0.1) is 4.64 Å². The van der Waals surface area contributed by atoms with Gasteiger partial charge in [0.15, 0.2) is 6.23 Å². The van der Waals surface area contributed by atoms with Crippen molar-refractivity contribution in [2.24, 2.45) is 0 Å². The molecule has 1 aliphatic heterocycles. The smallest absolute Gasteiger partial charge is 0.387 e. The Labute approximate surface area is 203 Å². The first kappa shape index (κ1) is 25.0. The Bertz CT molecular complexity index is 1310. The molecule has 1 aliphatic rings. The Hall–Kier alpha value is -2.12. The molecule has 0 saturated carbocycles. The summed E-state index contributed by atoms with van der Waals surface area (Å²) in [7, 11) is -4.81. The SMILES string of the molecule is O=c1[nH]c(=S)c(Sc2ccc(-c3ccccc3)cc2)cn1[C@@H]1O[C@H](COP(=O)(O)O)[C@@H](O)[C@H]1O. The Balaban J connectivity index is 1.55. The highest BCUT2D eigenvalue weighted by atomic mass is 32.2. The van der Waals surface area contributed by atoms with Crippen LogP contribution in [-0.4, -0.2) is 54.5 Å². The maximum Gasteiger partial charge on any atom is 0.469 e. The molecule has 2 aromatic carbocycles. The van der Waals surface area contributed by atoms with E-state index in [0.717, 1.165) is 20.6 Å². The topological polar surface area (TPSA) is 154 Å². The third-order valence-electron chi connectivity index (χ3n) is 5.14. The zero-order valence-electron chi connectivity index (χ0n) is 17.4. The van der Waals surface area contributed by atoms with Crippen molar-refractivity contribution >= 4 is 31.8 Å². The lowest BCUT2D eigenvalue weighted by atomic mass is 10.1. The van der Waals surface area contributed by atoms with Gasteiger partial charge in [-0.15, -0.1) is 0 Å². The second-order valence-electron chi connectivity index (χ2n) is 7.48. The van der Waals surface area contributed by atoms with Crippen LogP contribution in [0.5, 0.6) is 0 Å². The van der Waals surface area contributed by atoms with Crippen LogP contribution in [0.4, 0.5) is 0 Å². The van der Waals surface area contributed by atoms with Crippen LogP contribution in [0.3, 0.4) is 0 Å². The van der Waals surface area contributed by atoms with Crippen LogP contribution in [0.15, 0.2) is 75.4 Å². The summed E-state index contributed by atoms with van der Waals surface area (Å²) < 4.78 is 22.0. The van der Waals surface area contributed by atoms with Crippen molar-refractivity contribution in [1.29, 1.82) is 0 Å². The number of nitrogens with zero attached hydrogens (tertiary/aromatic N) is 1. The predicted octanol–water partition coefficient (Wildman–Crippen LogP) is 2.45. The maximum atomic E-state index is 12.5. The van der Waals surface area contributed by atoms with Gasteiger partial charge in [0.1, 0.15) is 23.0 Å². The minimum atomic E-state index is -4.81. The highest BCUT2D eigenvalue weighted by molar-refractivity contribution is 7.99. The molecule has 0 amide bonds. The number of hydrogen-bond donors (Lipinski definition) is 5. The zero-order valence-corrected chi connectivity index (χ0v) is 20.0. The van der Waals surface area contributed by atoms with E-state index in [1.807, 2.05) is 54.6 Å². The van der Waals surface area contributed by atoms with E-state index in [2.05, 4.69) is 9.51 Å². The van der Waals surface area contributed by atoms with Gasteiger partial charge in [-0.05, 0) is 23.3 Å². The second kappa shape index (κ2) is 10.2. The van der Waals surface area contributed by atoms with Crippen molar-refractivity contribution in [3.63, 3.8) is 0 Å². The van der Waals surface area contributed by atoms with Crippen molar-refractivity contribution < 1.29 is 33.8 Å². The summed E-state index contributed by atoms with van der Waals surface area (Å²) in [6, 6.07) is 17.6. The van der Waals surface area contributed by atoms with Gasteiger partial charge in [-0.1, -0.05) is 66.4 Å². The number of aromatic nitrogens is 2. The number of aliphatic hydroxyl groups excluding tert-OH is 2. The third kappa shape index (κ3) is 5.74. The van der Waals surface area contributed by atoms with Crippen molar-refractivity contribution in [3.8, 4) is 11.1 Å². The molecule has 180 valence electrons. The molecule has 2 heterocycles. The zero-order chi connectivity index (χ0) is 24.5. The molecule has 4 rings (SSSR count). The molecule has 1 aromatic heterocycles. The molecule has 3 aromatic rings. The molecular weight excluding hydrogens is 503 g/mol. The first-order chi connectivity index (χ1) is 16.1. The Morgan fingerprint density at radius 1 is 1.06 bits per heavy atom. The average Bonchev–Trinajstić information content (AvgIpc) is 3.08. The number of aromatic amines is 1. The lowest BCUT2D eigenvalue weighted by Crippen LogP contribution is -2.36. The Kier molecular flexibility index (Phi) is 7.53. The fraction of sp³-hybridized carbons (Fsp3) is 0.238. The number of aliphatic hydroxyl groups is 2. The van der Waals surface area contributed by atoms with E-state index >= 15 is 0 Å². The molecule has 34 heavy (non-hydrogen) atoms. The highest BCUT2D eigenvalue weighted by Gasteiger charge is 2.45. The first-order valence-electron chi connectivity index (χ1n) is 10.0. The number of H-pyrrole nitrogens is 1. The molecule has 0 spiro atoms. The predicted molar refractivity (Wildman–Crippen MR) is 126 cm³/mol. The lowest BCUT2D eigenvalue weighted by Gasteiger charge is -2.18. The van der Waals surface area contributed by atoms with Crippen LogP contribution in [0.2, 0.25) is 0 Å². The first-order valence-corrected chi connectivity index (χ1v) is 12.8. The molecule has 0 radical (unpaired) electrons. The molecule has 4 atom stereocenters. The minimum Gasteiger partial charge on any atom is -0.387 e. The maximum absolute atomic E-state index is 12.5. The van der Waals surface area contributed by atoms with Gasteiger partial charge in [0.25, 0.3) is 0 Å². The number of ether oxygens (including phenoxy) is 1. The molecule has 13 heteroatoms. The molecule has 0 unspecified atom stereocenters. The summed E-state index contributed by atoms with van der Waals surface area (Å²) in [4.78, 5) is 34.1. The summed E-state index contributed by atoms with van der Waals surface area (Å²) in [6.07, 6.45) is -4.25. The van der Waals surface area contributed by atoms with Gasteiger partial charge >= 0.3 is 13.5 Å². The van der Waals surface area contributed by atoms with Gasteiger partial charge < -0.3 is 24.7 Å². The molecular formula is C21H21N2O8PS2. The summed E-state index contributed by atoms with van der Waals surface area (Å²) >= 11 is 6.58. The van der Waals surface area contributed by atoms with Gasteiger partial charge in [0.2, 0.25) is 0 Å². The Morgan fingerprint density at radius 2 is 1.71 bits per heavy atom. The van der Waals surface area contributed by atoms with Gasteiger partial charge in [0.05, 0.1) is 11.5 Å². The molecule has 5 N–H and O–H groups in total. The van der Waals surface area contributed by atoms with Gasteiger partial charge in [-0.2, -0.15) is 0 Å². The number of nitrogens with one attached hydrogen (secondary N) is 1. The van der Waals surface area contributed by atoms with E-state index in [-0.39, 0.29) is 4.64 Å². The summed E-state index contributed by atoms with van der Waals surface area (Å²) in [5, 5.41) is 20.6. The minimum absolute atomic E-state index is 0.188. The highest BCUT2D eigenvalue weighted by Crippen LogP contribution is 2.38. The largest absolute Gasteiger partial charge is 0.469 e. The van der Waals surface area contributed by atoms with Crippen LogP contribution in [0.25, 0.3) is 11.1 Å². The molecule has 1 saturated heterocycles. The number of hydrogen-bond acceptors (Lipinski definition) is 8. The van der Waals surface area contributed by atoms with E-state index in [1.165, 1.54) is 18.0 Å². The van der Waals surface area contributed by atoms with Crippen LogP contribution in [0.1, 0.15) is 6.23 Å². The van der Waals surface area contributed by atoms with Crippen molar-refractivity contribution in [2.45, 2.75) is 34.3 Å². The molecule has 1 fully saturated rings. The van der Waals surface area contributed by atoms with E-state index in [4.69, 9.17) is 26.7 Å². The standard InChI is InChI=1S/C21H21N2O8PS2/c24-17-15(11-30-32(27,28)29)31-20(18(17)25)23-10-16(19(33)22-21(23)26)34-14-8-6-13(7-9-14)12-4-2-1-3-5-12/h1-10,15,17-18,20,24-25H,11H2,(H,22,26,33)(H2,27,28,29)/t15-,17-,18-,20-/m1/s1. The fourth-order valence-electron chi connectivity index (χ4n) is 3.47. The number of rotatable bonds is 7. The van der Waals surface area contributed by atoms with Crippen molar-refractivity contribution in [1.82, 2.24) is 9.55 Å². The summed E-state index contributed by atoms with van der Waals surface area (Å²) in [5.74, 6) is 0. The third-order valence-corrected chi connectivity index (χ3v) is 7.12. The van der Waals surface area contributed by atoms with E-state index in [0.29, 0.717) is 4.90 Å². The molecule has 0 aliphatic carbocycles. The number of phosphoric acid groups is 1. The molecule has 10 nitrogen and oxygen atoms in total. The fourth-order valence-corrected chi connectivity index (χ4v) is 4.91. The second-order valence-corrected chi connectivity index (χ2v) is 10.2. The quantitative estimate of drug-likeness (QED) is 0.230. The summed E-state index contributed by atoms with van der Waals surface area (Å²) in [6.45, 7) is -0.675. The van der Waals surface area contributed by atoms with Crippen LogP contribution < -0.4 is 5.69 Å². The average molecular weight is 525 g/mol. The van der Waals surface area contributed by atoms with E-state index < -0.39 is 44.7 Å². The summed E-state index contributed by atoms with van der Waals surface area (Å²) in [5.41, 5.74) is 1.44. The molecule has 0 bridgehead atoms. The van der Waals surface area contributed by atoms with Gasteiger partial charge in [0, 0.05) is 11.1 Å². The number of phosphoric ester groups is 1. The van der Waals surface area contributed by atoms with E-state index in [9.17, 15) is 19.6 Å². The normalized spacial score (nSPS) is 22.7.